The van der Waals surface area contributed by atoms with Crippen LogP contribution in [0.1, 0.15) is 12.0 Å². The van der Waals surface area contributed by atoms with Crippen LogP contribution in [0.4, 0.5) is 15.8 Å². The number of hydrogen-bond donors (Lipinski definition) is 1. The summed E-state index contributed by atoms with van der Waals surface area (Å²) in [6.45, 7) is 2.73. The Morgan fingerprint density at radius 2 is 1.79 bits per heavy atom. The van der Waals surface area contributed by atoms with Gasteiger partial charge in [0, 0.05) is 30.9 Å². The summed E-state index contributed by atoms with van der Waals surface area (Å²) < 4.78 is 23.8. The second-order valence-corrected chi connectivity index (χ2v) is 6.45. The summed E-state index contributed by atoms with van der Waals surface area (Å²) >= 11 is 0. The molecule has 2 aromatic rings. The van der Waals surface area contributed by atoms with Crippen LogP contribution in [0, 0.1) is 5.82 Å². The van der Waals surface area contributed by atoms with Crippen molar-refractivity contribution in [1.29, 1.82) is 0 Å². The first kappa shape index (κ1) is 19.8. The van der Waals surface area contributed by atoms with Crippen molar-refractivity contribution in [1.82, 2.24) is 0 Å². The minimum Gasteiger partial charge on any atom is -0.456 e. The van der Waals surface area contributed by atoms with E-state index in [1.54, 1.807) is 18.2 Å². The third kappa shape index (κ3) is 5.79. The summed E-state index contributed by atoms with van der Waals surface area (Å²) in [6.07, 6.45) is 0.249. The lowest BCUT2D eigenvalue weighted by Gasteiger charge is -2.28. The van der Waals surface area contributed by atoms with Crippen molar-refractivity contribution < 1.29 is 23.5 Å². The molecule has 1 aliphatic rings. The van der Waals surface area contributed by atoms with Gasteiger partial charge in [-0.15, -0.1) is 0 Å². The molecule has 6 nitrogen and oxygen atoms in total. The van der Waals surface area contributed by atoms with Crippen LogP contribution in [-0.2, 0) is 25.5 Å². The maximum Gasteiger partial charge on any atom is 0.306 e. The van der Waals surface area contributed by atoms with E-state index >= 15 is 0 Å². The lowest BCUT2D eigenvalue weighted by molar-refractivity contribution is -0.147. The minimum absolute atomic E-state index is 0.0163. The van der Waals surface area contributed by atoms with E-state index in [2.05, 4.69) is 10.2 Å². The fourth-order valence-corrected chi connectivity index (χ4v) is 2.93. The van der Waals surface area contributed by atoms with E-state index in [0.29, 0.717) is 24.5 Å². The van der Waals surface area contributed by atoms with Crippen LogP contribution in [0.3, 0.4) is 0 Å². The first-order chi connectivity index (χ1) is 13.6. The maximum absolute atomic E-state index is 13.5. The molecule has 7 heteroatoms. The standard InChI is InChI=1S/C21H23FN2O4/c22-19-4-2-1-3-16(19)5-10-21(26)28-15-20(25)23-17-6-8-18(9-7-17)24-11-13-27-14-12-24/h1-4,6-9H,5,10-15H2,(H,23,25). The summed E-state index contributed by atoms with van der Waals surface area (Å²) in [7, 11) is 0. The molecule has 1 heterocycles. The normalized spacial score (nSPS) is 13.8. The van der Waals surface area contributed by atoms with E-state index in [-0.39, 0.29) is 25.3 Å². The van der Waals surface area contributed by atoms with Gasteiger partial charge in [-0.25, -0.2) is 4.39 Å². The van der Waals surface area contributed by atoms with Crippen molar-refractivity contribution >= 4 is 23.3 Å². The van der Waals surface area contributed by atoms with Gasteiger partial charge in [0.15, 0.2) is 6.61 Å². The molecule has 1 aliphatic heterocycles. The van der Waals surface area contributed by atoms with Gasteiger partial charge in [-0.05, 0) is 42.3 Å². The SMILES string of the molecule is O=C(COC(=O)CCc1ccccc1F)Nc1ccc(N2CCOCC2)cc1. The molecule has 0 atom stereocenters. The number of anilines is 2. The smallest absolute Gasteiger partial charge is 0.306 e. The number of ether oxygens (including phenoxy) is 2. The second-order valence-electron chi connectivity index (χ2n) is 6.45. The van der Waals surface area contributed by atoms with E-state index in [4.69, 9.17) is 9.47 Å². The second kappa shape index (κ2) is 9.85. The van der Waals surface area contributed by atoms with Gasteiger partial charge in [-0.3, -0.25) is 9.59 Å². The van der Waals surface area contributed by atoms with Gasteiger partial charge in [-0.2, -0.15) is 0 Å². The van der Waals surface area contributed by atoms with E-state index in [0.717, 1.165) is 18.8 Å². The molecule has 0 aromatic heterocycles. The number of halogens is 1. The number of benzene rings is 2. The lowest BCUT2D eigenvalue weighted by Crippen LogP contribution is -2.36. The van der Waals surface area contributed by atoms with Gasteiger partial charge >= 0.3 is 5.97 Å². The van der Waals surface area contributed by atoms with E-state index in [1.807, 2.05) is 24.3 Å². The van der Waals surface area contributed by atoms with E-state index in [9.17, 15) is 14.0 Å². The molecule has 3 rings (SSSR count). The fourth-order valence-electron chi connectivity index (χ4n) is 2.93. The third-order valence-electron chi connectivity index (χ3n) is 4.45. The Kier molecular flexibility index (Phi) is 6.97. The Balaban J connectivity index is 1.40. The molecule has 28 heavy (non-hydrogen) atoms. The molecule has 148 valence electrons. The first-order valence-corrected chi connectivity index (χ1v) is 9.23. The molecule has 0 bridgehead atoms. The average Bonchev–Trinajstić information content (AvgIpc) is 2.73. The Morgan fingerprint density at radius 3 is 2.50 bits per heavy atom. The molecule has 2 aromatic carbocycles. The molecule has 0 spiro atoms. The summed E-state index contributed by atoms with van der Waals surface area (Å²) in [4.78, 5) is 25.9. The van der Waals surface area contributed by atoms with Crippen molar-refractivity contribution in [2.24, 2.45) is 0 Å². The monoisotopic (exact) mass is 386 g/mol. The molecule has 0 unspecified atom stereocenters. The molecule has 0 radical (unpaired) electrons. The maximum atomic E-state index is 13.5. The molecule has 1 N–H and O–H groups in total. The number of rotatable bonds is 7. The van der Waals surface area contributed by atoms with Crippen LogP contribution in [-0.4, -0.2) is 44.8 Å². The summed E-state index contributed by atoms with van der Waals surface area (Å²) in [5.41, 5.74) is 2.15. The van der Waals surface area contributed by atoms with Crippen molar-refractivity contribution in [2.75, 3.05) is 43.1 Å². The van der Waals surface area contributed by atoms with Crippen LogP contribution >= 0.6 is 0 Å². The zero-order chi connectivity index (χ0) is 19.8. The highest BCUT2D eigenvalue weighted by molar-refractivity contribution is 5.92. The topological polar surface area (TPSA) is 67.9 Å². The molecule has 1 saturated heterocycles. The number of nitrogens with one attached hydrogen (secondary N) is 1. The molecule has 0 aliphatic carbocycles. The zero-order valence-corrected chi connectivity index (χ0v) is 15.5. The highest BCUT2D eigenvalue weighted by Gasteiger charge is 2.12. The average molecular weight is 386 g/mol. The van der Waals surface area contributed by atoms with Crippen molar-refractivity contribution in [3.63, 3.8) is 0 Å². The largest absolute Gasteiger partial charge is 0.456 e. The Labute approximate surface area is 163 Å². The molecule has 1 fully saturated rings. The predicted octanol–water partition coefficient (Wildman–Crippen LogP) is 2.78. The lowest BCUT2D eigenvalue weighted by atomic mass is 10.1. The highest BCUT2D eigenvalue weighted by Crippen LogP contribution is 2.19. The minimum atomic E-state index is -0.541. The summed E-state index contributed by atoms with van der Waals surface area (Å²) in [5, 5.41) is 2.69. The number of morpholine rings is 1. The zero-order valence-electron chi connectivity index (χ0n) is 15.5. The molecule has 0 saturated carbocycles. The van der Waals surface area contributed by atoms with Crippen molar-refractivity contribution in [2.45, 2.75) is 12.8 Å². The van der Waals surface area contributed by atoms with Crippen LogP contribution in [0.5, 0.6) is 0 Å². The third-order valence-corrected chi connectivity index (χ3v) is 4.45. The van der Waals surface area contributed by atoms with Crippen LogP contribution in [0.15, 0.2) is 48.5 Å². The fraction of sp³-hybridized carbons (Fsp3) is 0.333. The van der Waals surface area contributed by atoms with Gasteiger partial charge < -0.3 is 19.7 Å². The van der Waals surface area contributed by atoms with Crippen LogP contribution < -0.4 is 10.2 Å². The predicted molar refractivity (Wildman–Crippen MR) is 104 cm³/mol. The number of carbonyl (C=O) groups is 2. The molecular weight excluding hydrogens is 363 g/mol. The van der Waals surface area contributed by atoms with Crippen molar-refractivity contribution in [3.05, 3.63) is 59.9 Å². The molecular formula is C21H23FN2O4. The van der Waals surface area contributed by atoms with Gasteiger partial charge in [0.05, 0.1) is 13.2 Å². The quantitative estimate of drug-likeness (QED) is 0.741. The van der Waals surface area contributed by atoms with E-state index in [1.165, 1.54) is 6.07 Å². The van der Waals surface area contributed by atoms with Crippen molar-refractivity contribution in [3.8, 4) is 0 Å². The van der Waals surface area contributed by atoms with Gasteiger partial charge in [0.1, 0.15) is 5.82 Å². The molecule has 1 amide bonds. The van der Waals surface area contributed by atoms with E-state index < -0.39 is 11.9 Å². The highest BCUT2D eigenvalue weighted by atomic mass is 19.1. The number of amides is 1. The summed E-state index contributed by atoms with van der Waals surface area (Å²) in [6, 6.07) is 13.7. The summed E-state index contributed by atoms with van der Waals surface area (Å²) in [5.74, 6) is -1.31. The van der Waals surface area contributed by atoms with Gasteiger partial charge in [-0.1, -0.05) is 18.2 Å². The van der Waals surface area contributed by atoms with Crippen LogP contribution in [0.2, 0.25) is 0 Å². The Hall–Kier alpha value is -2.93. The number of carbonyl (C=O) groups excluding carboxylic acids is 2. The Morgan fingerprint density at radius 1 is 1.07 bits per heavy atom. The van der Waals surface area contributed by atoms with Crippen LogP contribution in [0.25, 0.3) is 0 Å². The number of hydrogen-bond acceptors (Lipinski definition) is 5. The number of esters is 1. The van der Waals surface area contributed by atoms with Gasteiger partial charge in [0.25, 0.3) is 5.91 Å². The van der Waals surface area contributed by atoms with Gasteiger partial charge in [0.2, 0.25) is 0 Å². The Bertz CT molecular complexity index is 804. The first-order valence-electron chi connectivity index (χ1n) is 9.23. The number of nitrogens with zero attached hydrogens (tertiary/aromatic N) is 1. The number of aryl methyl sites for hydroxylation is 1.